The van der Waals surface area contributed by atoms with Gasteiger partial charge in [0.15, 0.2) is 0 Å². The third-order valence-corrected chi connectivity index (χ3v) is 1.59. The topological polar surface area (TPSA) is 41.3 Å². The Labute approximate surface area is 70.9 Å². The van der Waals surface area contributed by atoms with E-state index < -0.39 is 0 Å². The van der Waals surface area contributed by atoms with E-state index in [2.05, 4.69) is 5.43 Å². The fourth-order valence-electron chi connectivity index (χ4n) is 0.983. The Balaban J connectivity index is 2.79. The van der Waals surface area contributed by atoms with Crippen molar-refractivity contribution < 1.29 is 4.39 Å². The average molecular weight is 169 g/mol. The number of anilines is 1. The van der Waals surface area contributed by atoms with Crippen molar-refractivity contribution in [3.05, 3.63) is 30.1 Å². The highest BCUT2D eigenvalue weighted by Gasteiger charge is 2.03. The molecule has 1 rings (SSSR count). The summed E-state index contributed by atoms with van der Waals surface area (Å²) in [6.07, 6.45) is 0. The molecule has 0 saturated heterocycles. The van der Waals surface area contributed by atoms with Crippen LogP contribution >= 0.6 is 0 Å². The van der Waals surface area contributed by atoms with Crippen LogP contribution in [-0.4, -0.2) is 13.7 Å². The first-order valence-corrected chi connectivity index (χ1v) is 3.65. The number of nitrogens with one attached hydrogen (secondary N) is 1. The molecule has 0 amide bonds. The van der Waals surface area contributed by atoms with Crippen LogP contribution in [0.25, 0.3) is 0 Å². The molecule has 0 spiro atoms. The monoisotopic (exact) mass is 169 g/mol. The number of hydrogen-bond donors (Lipinski definition) is 2. The molecule has 0 heterocycles. The lowest BCUT2D eigenvalue weighted by Gasteiger charge is -2.18. The highest BCUT2D eigenvalue weighted by atomic mass is 19.1. The van der Waals surface area contributed by atoms with E-state index in [9.17, 15) is 4.39 Å². The Morgan fingerprint density at radius 2 is 2.17 bits per heavy atom. The number of rotatable bonds is 3. The summed E-state index contributed by atoms with van der Waals surface area (Å²) >= 11 is 0. The van der Waals surface area contributed by atoms with E-state index in [1.54, 1.807) is 30.1 Å². The van der Waals surface area contributed by atoms with Crippen molar-refractivity contribution in [3.63, 3.8) is 0 Å². The molecule has 1 aromatic carbocycles. The first-order chi connectivity index (χ1) is 5.75. The van der Waals surface area contributed by atoms with Gasteiger partial charge in [-0.3, -0.25) is 5.84 Å². The fraction of sp³-hybridized carbons (Fsp3) is 0.250. The van der Waals surface area contributed by atoms with Crippen LogP contribution in [0.1, 0.15) is 0 Å². The first-order valence-electron chi connectivity index (χ1n) is 3.65. The van der Waals surface area contributed by atoms with E-state index in [-0.39, 0.29) is 5.82 Å². The molecule has 0 aliphatic rings. The van der Waals surface area contributed by atoms with Gasteiger partial charge < -0.3 is 4.90 Å². The van der Waals surface area contributed by atoms with Crippen molar-refractivity contribution in [2.75, 3.05) is 18.6 Å². The Morgan fingerprint density at radius 3 is 2.75 bits per heavy atom. The van der Waals surface area contributed by atoms with E-state index in [1.165, 1.54) is 6.07 Å². The molecule has 0 saturated carbocycles. The lowest BCUT2D eigenvalue weighted by atomic mass is 10.3. The summed E-state index contributed by atoms with van der Waals surface area (Å²) in [6, 6.07) is 6.56. The van der Waals surface area contributed by atoms with E-state index in [4.69, 9.17) is 5.84 Å². The molecule has 0 aliphatic heterocycles. The van der Waals surface area contributed by atoms with Gasteiger partial charge in [-0.05, 0) is 12.1 Å². The fourth-order valence-corrected chi connectivity index (χ4v) is 0.983. The third-order valence-electron chi connectivity index (χ3n) is 1.59. The SMILES string of the molecule is CN(CNN)c1ccccc1F. The minimum atomic E-state index is -0.241. The van der Waals surface area contributed by atoms with Crippen molar-refractivity contribution in [3.8, 4) is 0 Å². The summed E-state index contributed by atoms with van der Waals surface area (Å²) < 4.78 is 13.1. The van der Waals surface area contributed by atoms with Gasteiger partial charge in [-0.1, -0.05) is 12.1 Å². The lowest BCUT2D eigenvalue weighted by Crippen LogP contribution is -2.35. The third kappa shape index (κ3) is 1.93. The molecule has 0 aliphatic carbocycles. The number of halogens is 1. The van der Waals surface area contributed by atoms with Crippen LogP contribution in [-0.2, 0) is 0 Å². The number of para-hydroxylation sites is 1. The molecule has 66 valence electrons. The predicted molar refractivity (Wildman–Crippen MR) is 47.0 cm³/mol. The zero-order valence-electron chi connectivity index (χ0n) is 6.92. The van der Waals surface area contributed by atoms with Gasteiger partial charge in [-0.25, -0.2) is 9.82 Å². The molecular weight excluding hydrogens is 157 g/mol. The highest BCUT2D eigenvalue weighted by molar-refractivity contribution is 5.46. The summed E-state index contributed by atoms with van der Waals surface area (Å²) in [4.78, 5) is 1.69. The Bertz CT molecular complexity index is 252. The number of benzene rings is 1. The zero-order chi connectivity index (χ0) is 8.97. The van der Waals surface area contributed by atoms with E-state index in [0.29, 0.717) is 12.4 Å². The number of hydrazine groups is 1. The maximum atomic E-state index is 13.1. The van der Waals surface area contributed by atoms with Gasteiger partial charge in [0.2, 0.25) is 0 Å². The van der Waals surface area contributed by atoms with Crippen LogP contribution in [0.5, 0.6) is 0 Å². The quantitative estimate of drug-likeness (QED) is 0.397. The van der Waals surface area contributed by atoms with Crippen LogP contribution < -0.4 is 16.2 Å². The maximum Gasteiger partial charge on any atom is 0.146 e. The Kier molecular flexibility index (Phi) is 3.01. The molecular formula is C8H12FN3. The molecule has 3 nitrogen and oxygen atoms in total. The summed E-state index contributed by atoms with van der Waals surface area (Å²) in [5, 5.41) is 0. The smallest absolute Gasteiger partial charge is 0.146 e. The number of hydrogen-bond acceptors (Lipinski definition) is 3. The van der Waals surface area contributed by atoms with E-state index >= 15 is 0 Å². The zero-order valence-corrected chi connectivity index (χ0v) is 6.92. The van der Waals surface area contributed by atoms with Crippen molar-refractivity contribution in [2.24, 2.45) is 5.84 Å². The summed E-state index contributed by atoms with van der Waals surface area (Å²) in [5.74, 6) is 4.86. The molecule has 3 N–H and O–H groups in total. The largest absolute Gasteiger partial charge is 0.358 e. The molecule has 0 atom stereocenters. The standard InChI is InChI=1S/C8H12FN3/c1-12(6-11-10)8-5-3-2-4-7(8)9/h2-5,11H,6,10H2,1H3. The van der Waals surface area contributed by atoms with Gasteiger partial charge >= 0.3 is 0 Å². The molecule has 0 unspecified atom stereocenters. The van der Waals surface area contributed by atoms with Crippen LogP contribution in [0.2, 0.25) is 0 Å². The van der Waals surface area contributed by atoms with Gasteiger partial charge in [0.25, 0.3) is 0 Å². The minimum absolute atomic E-state index is 0.241. The summed E-state index contributed by atoms with van der Waals surface area (Å²) in [5.41, 5.74) is 2.99. The van der Waals surface area contributed by atoms with Gasteiger partial charge in [0, 0.05) is 7.05 Å². The molecule has 0 fully saturated rings. The average Bonchev–Trinajstić information content (AvgIpc) is 2.05. The Morgan fingerprint density at radius 1 is 1.50 bits per heavy atom. The summed E-state index contributed by atoms with van der Waals surface area (Å²) in [6.45, 7) is 0.418. The lowest BCUT2D eigenvalue weighted by molar-refractivity contribution is 0.615. The van der Waals surface area contributed by atoms with Crippen molar-refractivity contribution >= 4 is 5.69 Å². The van der Waals surface area contributed by atoms with Crippen LogP contribution in [0, 0.1) is 5.82 Å². The second kappa shape index (κ2) is 4.04. The second-order valence-electron chi connectivity index (χ2n) is 2.51. The van der Waals surface area contributed by atoms with Gasteiger partial charge in [0.1, 0.15) is 5.82 Å². The highest BCUT2D eigenvalue weighted by Crippen LogP contribution is 2.15. The molecule has 0 radical (unpaired) electrons. The predicted octanol–water partition coefficient (Wildman–Crippen LogP) is 0.683. The summed E-state index contributed by atoms with van der Waals surface area (Å²) in [7, 11) is 1.76. The van der Waals surface area contributed by atoms with Gasteiger partial charge in [-0.15, -0.1) is 0 Å². The number of nitrogens with zero attached hydrogens (tertiary/aromatic N) is 1. The first kappa shape index (κ1) is 8.96. The van der Waals surface area contributed by atoms with E-state index in [1.807, 2.05) is 0 Å². The molecule has 4 heteroatoms. The van der Waals surface area contributed by atoms with Crippen molar-refractivity contribution in [1.29, 1.82) is 0 Å². The molecule has 0 aromatic heterocycles. The van der Waals surface area contributed by atoms with E-state index in [0.717, 1.165) is 0 Å². The normalized spacial score (nSPS) is 9.92. The maximum absolute atomic E-state index is 13.1. The van der Waals surface area contributed by atoms with Crippen molar-refractivity contribution in [1.82, 2.24) is 5.43 Å². The van der Waals surface area contributed by atoms with Gasteiger partial charge in [0.05, 0.1) is 12.4 Å². The van der Waals surface area contributed by atoms with Crippen LogP contribution in [0.3, 0.4) is 0 Å². The van der Waals surface area contributed by atoms with Crippen molar-refractivity contribution in [2.45, 2.75) is 0 Å². The molecule has 12 heavy (non-hydrogen) atoms. The second-order valence-corrected chi connectivity index (χ2v) is 2.51. The Hall–Kier alpha value is -1.13. The van der Waals surface area contributed by atoms with Crippen LogP contribution in [0.4, 0.5) is 10.1 Å². The number of nitrogens with two attached hydrogens (primary N) is 1. The van der Waals surface area contributed by atoms with Gasteiger partial charge in [-0.2, -0.15) is 0 Å². The molecule has 1 aromatic rings. The minimum Gasteiger partial charge on any atom is -0.358 e. The molecule has 0 bridgehead atoms. The van der Waals surface area contributed by atoms with Crippen LogP contribution in [0.15, 0.2) is 24.3 Å².